The van der Waals surface area contributed by atoms with Crippen LogP contribution in [0.2, 0.25) is 10.0 Å². The van der Waals surface area contributed by atoms with Gasteiger partial charge in [-0.2, -0.15) is 23.1 Å². The SMILES string of the molecule is O=c1oc(-c2cc(Cn3nnc(C(F)(F)F)n3)nn2-c2ncccc2Cl)nc2c(Cl)c3ccc(Br)cc3cc12. The van der Waals surface area contributed by atoms with E-state index in [1.807, 2.05) is 0 Å². The molecule has 6 rings (SSSR count). The number of rotatable bonds is 4. The number of hydrogen-bond acceptors (Lipinski definition) is 8. The molecule has 196 valence electrons. The van der Waals surface area contributed by atoms with Crippen molar-refractivity contribution >= 4 is 60.8 Å². The van der Waals surface area contributed by atoms with Crippen molar-refractivity contribution in [2.24, 2.45) is 0 Å². The van der Waals surface area contributed by atoms with Crippen molar-refractivity contribution < 1.29 is 17.6 Å². The zero-order chi connectivity index (χ0) is 27.5. The quantitative estimate of drug-likeness (QED) is 0.226. The Morgan fingerprint density at radius 3 is 2.62 bits per heavy atom. The molecule has 10 nitrogen and oxygen atoms in total. The monoisotopic (exact) mass is 636 g/mol. The molecular formula is C23H10BrCl2F3N8O2. The number of alkyl halides is 3. The zero-order valence-corrected chi connectivity index (χ0v) is 22.1. The minimum absolute atomic E-state index is 0.132. The summed E-state index contributed by atoms with van der Waals surface area (Å²) in [6, 6.07) is 11.6. The summed E-state index contributed by atoms with van der Waals surface area (Å²) >= 11 is 16.4. The van der Waals surface area contributed by atoms with E-state index in [2.05, 4.69) is 46.4 Å². The molecule has 6 aromatic rings. The molecule has 0 amide bonds. The van der Waals surface area contributed by atoms with E-state index in [0.29, 0.717) is 10.8 Å². The molecule has 0 aliphatic heterocycles. The molecule has 0 saturated heterocycles. The Bertz CT molecular complexity index is 1970. The molecule has 2 aromatic carbocycles. The highest BCUT2D eigenvalue weighted by molar-refractivity contribution is 9.10. The average molecular weight is 638 g/mol. The third-order valence-electron chi connectivity index (χ3n) is 5.56. The Balaban J connectivity index is 1.53. The van der Waals surface area contributed by atoms with Gasteiger partial charge in [0.05, 0.1) is 21.1 Å². The highest BCUT2D eigenvalue weighted by atomic mass is 79.9. The summed E-state index contributed by atoms with van der Waals surface area (Å²) in [5.41, 5.74) is -0.218. The van der Waals surface area contributed by atoms with Gasteiger partial charge in [0.1, 0.15) is 17.8 Å². The van der Waals surface area contributed by atoms with Gasteiger partial charge in [0, 0.05) is 16.1 Å². The summed E-state index contributed by atoms with van der Waals surface area (Å²) in [4.78, 5) is 22.5. The van der Waals surface area contributed by atoms with Crippen LogP contribution in [0.3, 0.4) is 0 Å². The summed E-state index contributed by atoms with van der Waals surface area (Å²) in [6.07, 6.45) is -3.30. The number of fused-ring (bicyclic) bond motifs is 2. The third kappa shape index (κ3) is 4.64. The molecule has 4 heterocycles. The van der Waals surface area contributed by atoms with Crippen molar-refractivity contribution in [3.63, 3.8) is 0 Å². The van der Waals surface area contributed by atoms with E-state index in [-0.39, 0.29) is 50.6 Å². The zero-order valence-electron chi connectivity index (χ0n) is 19.0. The molecule has 0 spiro atoms. The number of nitrogens with zero attached hydrogens (tertiary/aromatic N) is 8. The lowest BCUT2D eigenvalue weighted by molar-refractivity contribution is -0.145. The molecule has 0 radical (unpaired) electrons. The van der Waals surface area contributed by atoms with Gasteiger partial charge in [-0.15, -0.1) is 10.2 Å². The number of hydrogen-bond donors (Lipinski definition) is 0. The molecule has 39 heavy (non-hydrogen) atoms. The van der Waals surface area contributed by atoms with Gasteiger partial charge in [-0.25, -0.2) is 19.4 Å². The molecule has 0 bridgehead atoms. The Kier molecular flexibility index (Phi) is 6.12. The molecule has 4 aromatic heterocycles. The van der Waals surface area contributed by atoms with Gasteiger partial charge < -0.3 is 4.42 Å². The highest BCUT2D eigenvalue weighted by Gasteiger charge is 2.37. The molecule has 0 aliphatic carbocycles. The summed E-state index contributed by atoms with van der Waals surface area (Å²) in [5, 5.41) is 16.2. The first-order valence-electron chi connectivity index (χ1n) is 10.9. The molecule has 0 N–H and O–H groups in total. The van der Waals surface area contributed by atoms with Crippen LogP contribution in [-0.2, 0) is 12.7 Å². The van der Waals surface area contributed by atoms with Gasteiger partial charge in [0.15, 0.2) is 5.82 Å². The van der Waals surface area contributed by atoms with Crippen LogP contribution in [0.15, 0.2) is 62.3 Å². The van der Waals surface area contributed by atoms with E-state index in [0.717, 1.165) is 9.27 Å². The standard InChI is InChI=1S/C23H10BrCl2F3N8O2/c24-11-3-4-13-10(6-11)7-14-18(17(13)26)31-20(39-21(14)38)16-8-12(9-36-34-22(32-35-36)23(27,28)29)33-37(16)19-15(25)2-1-5-30-19/h1-8H,9H2. The largest absolute Gasteiger partial charge is 0.455 e. The number of benzene rings is 2. The molecule has 0 fully saturated rings. The van der Waals surface area contributed by atoms with Crippen molar-refractivity contribution in [3.05, 3.63) is 85.1 Å². The van der Waals surface area contributed by atoms with Gasteiger partial charge >= 0.3 is 11.8 Å². The smallest absolute Gasteiger partial charge is 0.401 e. The van der Waals surface area contributed by atoms with Crippen molar-refractivity contribution in [3.8, 4) is 17.4 Å². The summed E-state index contributed by atoms with van der Waals surface area (Å²) in [5.74, 6) is -1.41. The van der Waals surface area contributed by atoms with Gasteiger partial charge in [-0.3, -0.25) is 0 Å². The Morgan fingerprint density at radius 1 is 1.05 bits per heavy atom. The van der Waals surface area contributed by atoms with Gasteiger partial charge in [-0.05, 0) is 47.0 Å². The normalized spacial score (nSPS) is 12.1. The second-order valence-electron chi connectivity index (χ2n) is 8.14. The Morgan fingerprint density at radius 2 is 1.87 bits per heavy atom. The predicted octanol–water partition coefficient (Wildman–Crippen LogP) is 5.71. The molecular weight excluding hydrogens is 628 g/mol. The Hall–Kier alpha value is -3.88. The van der Waals surface area contributed by atoms with Crippen LogP contribution < -0.4 is 5.63 Å². The van der Waals surface area contributed by atoms with E-state index in [1.54, 1.807) is 36.4 Å². The topological polar surface area (TPSA) is 117 Å². The minimum Gasteiger partial charge on any atom is -0.401 e. The molecule has 0 atom stereocenters. The Labute approximate surface area is 233 Å². The molecule has 0 aliphatic rings. The van der Waals surface area contributed by atoms with E-state index in [9.17, 15) is 18.0 Å². The first-order chi connectivity index (χ1) is 18.6. The summed E-state index contributed by atoms with van der Waals surface area (Å²) in [7, 11) is 0. The van der Waals surface area contributed by atoms with E-state index >= 15 is 0 Å². The maximum absolute atomic E-state index is 13.1. The second-order valence-corrected chi connectivity index (χ2v) is 9.84. The van der Waals surface area contributed by atoms with Crippen LogP contribution in [0.5, 0.6) is 0 Å². The molecule has 0 unspecified atom stereocenters. The lowest BCUT2D eigenvalue weighted by atomic mass is 10.1. The first kappa shape index (κ1) is 25.4. The lowest BCUT2D eigenvalue weighted by Crippen LogP contribution is -2.10. The fourth-order valence-electron chi connectivity index (χ4n) is 3.89. The van der Waals surface area contributed by atoms with Crippen LogP contribution in [-0.4, -0.2) is 40.0 Å². The summed E-state index contributed by atoms with van der Waals surface area (Å²) in [6.45, 7) is -0.300. The fourth-order valence-corrected chi connectivity index (χ4v) is 4.78. The molecule has 0 saturated carbocycles. The van der Waals surface area contributed by atoms with Crippen LogP contribution in [0.25, 0.3) is 39.1 Å². The molecule has 16 heteroatoms. The van der Waals surface area contributed by atoms with E-state index in [4.69, 9.17) is 27.6 Å². The van der Waals surface area contributed by atoms with Crippen molar-refractivity contribution in [1.82, 2.24) is 40.0 Å². The van der Waals surface area contributed by atoms with Crippen LogP contribution in [0, 0.1) is 0 Å². The van der Waals surface area contributed by atoms with Crippen molar-refractivity contribution in [1.29, 1.82) is 0 Å². The maximum Gasteiger partial charge on any atom is 0.455 e. The number of pyridine rings is 1. The fraction of sp³-hybridized carbons (Fsp3) is 0.0870. The van der Waals surface area contributed by atoms with Gasteiger partial charge in [0.25, 0.3) is 5.82 Å². The maximum atomic E-state index is 13.1. The van der Waals surface area contributed by atoms with Crippen LogP contribution in [0.4, 0.5) is 13.2 Å². The predicted molar refractivity (Wildman–Crippen MR) is 138 cm³/mol. The number of aromatic nitrogens is 8. The number of halogens is 6. The van der Waals surface area contributed by atoms with E-state index < -0.39 is 17.6 Å². The van der Waals surface area contributed by atoms with Gasteiger partial charge in [-0.1, -0.05) is 45.2 Å². The van der Waals surface area contributed by atoms with Crippen molar-refractivity contribution in [2.45, 2.75) is 12.7 Å². The third-order valence-corrected chi connectivity index (χ3v) is 6.74. The average Bonchev–Trinajstić information content (AvgIpc) is 3.53. The van der Waals surface area contributed by atoms with Crippen molar-refractivity contribution in [2.75, 3.05) is 0 Å². The second kappa shape index (κ2) is 9.39. The van der Waals surface area contributed by atoms with E-state index in [1.165, 1.54) is 16.9 Å². The lowest BCUT2D eigenvalue weighted by Gasteiger charge is -2.09. The van der Waals surface area contributed by atoms with Gasteiger partial charge in [0.2, 0.25) is 5.89 Å². The van der Waals surface area contributed by atoms with Crippen LogP contribution >= 0.6 is 39.1 Å². The first-order valence-corrected chi connectivity index (χ1v) is 12.4. The number of tetrazole rings is 1. The van der Waals surface area contributed by atoms with Crippen LogP contribution in [0.1, 0.15) is 11.5 Å². The highest BCUT2D eigenvalue weighted by Crippen LogP contribution is 2.34. The summed E-state index contributed by atoms with van der Waals surface area (Å²) < 4.78 is 46.4. The minimum atomic E-state index is -4.76.